The van der Waals surface area contributed by atoms with Crippen molar-refractivity contribution >= 4 is 0 Å². The minimum atomic E-state index is -0.273. The fourth-order valence-corrected chi connectivity index (χ4v) is 1.61. The van der Waals surface area contributed by atoms with Crippen molar-refractivity contribution in [3.8, 4) is 5.75 Å². The van der Waals surface area contributed by atoms with Gasteiger partial charge in [-0.1, -0.05) is 12.1 Å². The topological polar surface area (TPSA) is 29.5 Å². The van der Waals surface area contributed by atoms with Crippen molar-refractivity contribution in [2.45, 2.75) is 25.9 Å². The van der Waals surface area contributed by atoms with Crippen LogP contribution in [-0.2, 0) is 0 Å². The molecule has 0 bridgehead atoms. The van der Waals surface area contributed by atoms with Gasteiger partial charge in [-0.25, -0.2) is 0 Å². The Balaban J connectivity index is 2.04. The van der Waals surface area contributed by atoms with Gasteiger partial charge < -0.3 is 9.84 Å². The third kappa shape index (κ3) is 2.07. The van der Waals surface area contributed by atoms with Crippen molar-refractivity contribution in [3.05, 3.63) is 29.8 Å². The van der Waals surface area contributed by atoms with Gasteiger partial charge in [0.15, 0.2) is 0 Å². The average Bonchev–Trinajstić information content (AvgIpc) is 3.02. The minimum Gasteiger partial charge on any atom is -0.494 e. The lowest BCUT2D eigenvalue weighted by Crippen LogP contribution is -1.99. The summed E-state index contributed by atoms with van der Waals surface area (Å²) in [6, 6.07) is 7.75. The summed E-state index contributed by atoms with van der Waals surface area (Å²) in [5.74, 6) is 1.37. The maximum atomic E-state index is 9.84. The van der Waals surface area contributed by atoms with Crippen molar-refractivity contribution in [1.29, 1.82) is 0 Å². The summed E-state index contributed by atoms with van der Waals surface area (Å²) in [5.41, 5.74) is 1.01. The molecule has 1 N–H and O–H groups in total. The molecule has 1 aliphatic carbocycles. The highest BCUT2D eigenvalue weighted by Crippen LogP contribution is 2.40. The van der Waals surface area contributed by atoms with Gasteiger partial charge in [-0.3, -0.25) is 0 Å². The predicted octanol–water partition coefficient (Wildman–Crippen LogP) is 2.53. The summed E-state index contributed by atoms with van der Waals surface area (Å²) in [6.45, 7) is 2.65. The summed E-state index contributed by atoms with van der Waals surface area (Å²) in [6.07, 6.45) is 2.05. The Labute approximate surface area is 84.5 Å². The monoisotopic (exact) mass is 192 g/mol. The van der Waals surface area contributed by atoms with E-state index >= 15 is 0 Å². The number of hydrogen-bond acceptors (Lipinski definition) is 2. The smallest absolute Gasteiger partial charge is 0.119 e. The zero-order valence-corrected chi connectivity index (χ0v) is 8.44. The second kappa shape index (κ2) is 4.01. The first-order valence-corrected chi connectivity index (χ1v) is 5.22. The third-order valence-corrected chi connectivity index (χ3v) is 2.60. The van der Waals surface area contributed by atoms with E-state index < -0.39 is 0 Å². The molecule has 14 heavy (non-hydrogen) atoms. The molecule has 1 aromatic rings. The van der Waals surface area contributed by atoms with Gasteiger partial charge in [0.1, 0.15) is 5.75 Å². The van der Waals surface area contributed by atoms with Gasteiger partial charge in [-0.15, -0.1) is 0 Å². The van der Waals surface area contributed by atoms with Crippen molar-refractivity contribution in [3.63, 3.8) is 0 Å². The number of aliphatic hydroxyl groups is 1. The molecular formula is C12H16O2. The van der Waals surface area contributed by atoms with E-state index in [1.54, 1.807) is 0 Å². The first kappa shape index (κ1) is 9.53. The molecule has 0 heterocycles. The lowest BCUT2D eigenvalue weighted by Gasteiger charge is -2.10. The molecule has 1 saturated carbocycles. The first-order valence-electron chi connectivity index (χ1n) is 5.22. The highest BCUT2D eigenvalue weighted by molar-refractivity contribution is 5.29. The lowest BCUT2D eigenvalue weighted by atomic mass is 10.1. The Bertz CT molecular complexity index is 288. The first-order chi connectivity index (χ1) is 6.81. The number of hydrogen-bond donors (Lipinski definition) is 1. The van der Waals surface area contributed by atoms with Crippen LogP contribution >= 0.6 is 0 Å². The number of aliphatic hydroxyl groups excluding tert-OH is 1. The van der Waals surface area contributed by atoms with Crippen molar-refractivity contribution in [2.75, 3.05) is 6.61 Å². The Kier molecular flexibility index (Phi) is 2.73. The zero-order valence-electron chi connectivity index (χ0n) is 8.44. The van der Waals surface area contributed by atoms with Crippen molar-refractivity contribution in [2.24, 2.45) is 5.92 Å². The summed E-state index contributed by atoms with van der Waals surface area (Å²) < 4.78 is 5.34. The molecule has 0 saturated heterocycles. The van der Waals surface area contributed by atoms with Gasteiger partial charge in [0.25, 0.3) is 0 Å². The fourth-order valence-electron chi connectivity index (χ4n) is 1.61. The molecule has 1 atom stereocenters. The molecule has 0 aromatic heterocycles. The Hall–Kier alpha value is -1.02. The molecule has 1 unspecified atom stereocenters. The van der Waals surface area contributed by atoms with Crippen LogP contribution < -0.4 is 4.74 Å². The molecule has 0 radical (unpaired) electrons. The third-order valence-electron chi connectivity index (χ3n) is 2.60. The van der Waals surface area contributed by atoms with Crippen LogP contribution in [-0.4, -0.2) is 11.7 Å². The fraction of sp³-hybridized carbons (Fsp3) is 0.500. The largest absolute Gasteiger partial charge is 0.494 e. The quantitative estimate of drug-likeness (QED) is 0.794. The number of benzene rings is 1. The summed E-state index contributed by atoms with van der Waals surface area (Å²) >= 11 is 0. The standard InChI is InChI=1S/C12H16O2/c1-2-14-11-7-5-10(6-8-11)12(13)9-3-4-9/h5-9,12-13H,2-4H2,1H3. The van der Waals surface area contributed by atoms with Crippen LogP contribution in [0.5, 0.6) is 5.75 Å². The van der Waals surface area contributed by atoms with E-state index in [-0.39, 0.29) is 6.10 Å². The zero-order chi connectivity index (χ0) is 9.97. The molecule has 0 spiro atoms. The van der Waals surface area contributed by atoms with Gasteiger partial charge in [0.2, 0.25) is 0 Å². The molecule has 2 heteroatoms. The van der Waals surface area contributed by atoms with E-state index in [1.807, 2.05) is 31.2 Å². The Morgan fingerprint density at radius 3 is 2.50 bits per heavy atom. The van der Waals surface area contributed by atoms with Crippen LogP contribution in [0.15, 0.2) is 24.3 Å². The van der Waals surface area contributed by atoms with E-state index in [4.69, 9.17) is 4.74 Å². The van der Waals surface area contributed by atoms with Crippen LogP contribution in [0.25, 0.3) is 0 Å². The van der Waals surface area contributed by atoms with Crippen LogP contribution in [0.2, 0.25) is 0 Å². The van der Waals surface area contributed by atoms with Crippen molar-refractivity contribution < 1.29 is 9.84 Å². The summed E-state index contributed by atoms with van der Waals surface area (Å²) in [5, 5.41) is 9.84. The average molecular weight is 192 g/mol. The summed E-state index contributed by atoms with van der Waals surface area (Å²) in [4.78, 5) is 0. The molecule has 0 aliphatic heterocycles. The normalized spacial score (nSPS) is 17.9. The molecule has 0 amide bonds. The maximum absolute atomic E-state index is 9.84. The molecule has 1 fully saturated rings. The molecule has 1 aromatic carbocycles. The van der Waals surface area contributed by atoms with Crippen LogP contribution in [0.4, 0.5) is 0 Å². The van der Waals surface area contributed by atoms with E-state index in [0.717, 1.165) is 24.2 Å². The lowest BCUT2D eigenvalue weighted by molar-refractivity contribution is 0.153. The highest BCUT2D eigenvalue weighted by atomic mass is 16.5. The molecule has 76 valence electrons. The van der Waals surface area contributed by atoms with Crippen LogP contribution in [0.1, 0.15) is 31.4 Å². The highest BCUT2D eigenvalue weighted by Gasteiger charge is 2.30. The van der Waals surface area contributed by atoms with E-state index in [1.165, 1.54) is 0 Å². The molecule has 1 aliphatic rings. The predicted molar refractivity (Wildman–Crippen MR) is 55.3 cm³/mol. The molecular weight excluding hydrogens is 176 g/mol. The number of rotatable bonds is 4. The van der Waals surface area contributed by atoms with Gasteiger partial charge >= 0.3 is 0 Å². The minimum absolute atomic E-state index is 0.273. The molecule has 2 nitrogen and oxygen atoms in total. The Morgan fingerprint density at radius 1 is 1.36 bits per heavy atom. The van der Waals surface area contributed by atoms with Crippen LogP contribution in [0, 0.1) is 5.92 Å². The van der Waals surface area contributed by atoms with Gasteiger partial charge in [0.05, 0.1) is 12.7 Å². The van der Waals surface area contributed by atoms with E-state index in [0.29, 0.717) is 12.5 Å². The SMILES string of the molecule is CCOc1ccc(C(O)C2CC2)cc1. The Morgan fingerprint density at radius 2 is 2.00 bits per heavy atom. The maximum Gasteiger partial charge on any atom is 0.119 e. The van der Waals surface area contributed by atoms with Gasteiger partial charge in [0, 0.05) is 0 Å². The van der Waals surface area contributed by atoms with Crippen molar-refractivity contribution in [1.82, 2.24) is 0 Å². The summed E-state index contributed by atoms with van der Waals surface area (Å²) in [7, 11) is 0. The van der Waals surface area contributed by atoms with E-state index in [2.05, 4.69) is 0 Å². The van der Waals surface area contributed by atoms with Gasteiger partial charge in [-0.05, 0) is 43.4 Å². The molecule has 2 rings (SSSR count). The van der Waals surface area contributed by atoms with Gasteiger partial charge in [-0.2, -0.15) is 0 Å². The van der Waals surface area contributed by atoms with Crippen LogP contribution in [0.3, 0.4) is 0 Å². The second-order valence-electron chi connectivity index (χ2n) is 3.78. The van der Waals surface area contributed by atoms with E-state index in [9.17, 15) is 5.11 Å². The number of ether oxygens (including phenoxy) is 1. The second-order valence-corrected chi connectivity index (χ2v) is 3.78.